The summed E-state index contributed by atoms with van der Waals surface area (Å²) in [6.07, 6.45) is 5.68. The lowest BCUT2D eigenvalue weighted by molar-refractivity contribution is -0.0112. The summed E-state index contributed by atoms with van der Waals surface area (Å²) in [6, 6.07) is 2.02. The third kappa shape index (κ3) is 5.64. The molecule has 1 fully saturated rings. The molecule has 1 aliphatic rings. The van der Waals surface area contributed by atoms with Gasteiger partial charge in [0, 0.05) is 36.7 Å². The molecule has 118 valence electrons. The van der Waals surface area contributed by atoms with Gasteiger partial charge in [-0.15, -0.1) is 0 Å². The molecule has 21 heavy (non-hydrogen) atoms. The largest absolute Gasteiger partial charge is 0.490 e. The van der Waals surface area contributed by atoms with E-state index in [1.54, 1.807) is 0 Å². The third-order valence-electron chi connectivity index (χ3n) is 3.65. The monoisotopic (exact) mass is 292 g/mol. The van der Waals surface area contributed by atoms with E-state index >= 15 is 0 Å². The number of pyridine rings is 1. The van der Waals surface area contributed by atoms with E-state index < -0.39 is 0 Å². The smallest absolute Gasteiger partial charge is 0.127 e. The lowest BCUT2D eigenvalue weighted by Crippen LogP contribution is -2.26. The summed E-state index contributed by atoms with van der Waals surface area (Å²) in [5.41, 5.74) is 2.11. The van der Waals surface area contributed by atoms with Crippen LogP contribution in [0.4, 0.5) is 0 Å². The van der Waals surface area contributed by atoms with Crippen LogP contribution < -0.4 is 10.1 Å². The lowest BCUT2D eigenvalue weighted by Gasteiger charge is -2.23. The minimum absolute atomic E-state index is 0.240. The molecule has 2 rings (SSSR count). The number of aryl methyl sites for hydroxylation is 1. The number of hydrogen-bond donors (Lipinski definition) is 1. The van der Waals surface area contributed by atoms with Gasteiger partial charge in [-0.2, -0.15) is 0 Å². The molecule has 2 heterocycles. The minimum atomic E-state index is 0.240. The van der Waals surface area contributed by atoms with Gasteiger partial charge in [0.1, 0.15) is 12.4 Å². The number of rotatable bonds is 7. The van der Waals surface area contributed by atoms with Crippen LogP contribution in [-0.2, 0) is 11.3 Å². The van der Waals surface area contributed by atoms with Crippen LogP contribution >= 0.6 is 0 Å². The maximum Gasteiger partial charge on any atom is 0.127 e. The molecule has 0 spiro atoms. The zero-order valence-corrected chi connectivity index (χ0v) is 13.5. The van der Waals surface area contributed by atoms with Crippen LogP contribution in [0.2, 0.25) is 0 Å². The van der Waals surface area contributed by atoms with Gasteiger partial charge in [0.25, 0.3) is 0 Å². The van der Waals surface area contributed by atoms with Crippen molar-refractivity contribution >= 4 is 0 Å². The summed E-state index contributed by atoms with van der Waals surface area (Å²) in [5, 5.41) is 3.45. The first kappa shape index (κ1) is 16.2. The van der Waals surface area contributed by atoms with Crippen molar-refractivity contribution in [1.29, 1.82) is 0 Å². The Labute approximate surface area is 128 Å². The van der Waals surface area contributed by atoms with Crippen molar-refractivity contribution in [2.75, 3.05) is 19.8 Å². The van der Waals surface area contributed by atoms with Crippen LogP contribution in [0.15, 0.2) is 12.3 Å². The van der Waals surface area contributed by atoms with E-state index in [9.17, 15) is 0 Å². The maximum absolute atomic E-state index is 6.01. The lowest BCUT2D eigenvalue weighted by atomic mass is 10.1. The molecule has 1 aliphatic heterocycles. The molecule has 1 aromatic heterocycles. The Balaban J connectivity index is 1.90. The fourth-order valence-electron chi connectivity index (χ4n) is 2.45. The second-order valence-corrected chi connectivity index (χ2v) is 6.26. The number of ether oxygens (including phenoxy) is 2. The molecule has 0 aromatic carbocycles. The van der Waals surface area contributed by atoms with E-state index in [4.69, 9.17) is 9.47 Å². The number of nitrogens with one attached hydrogen (secondary N) is 1. The van der Waals surface area contributed by atoms with Crippen molar-refractivity contribution in [3.8, 4) is 5.75 Å². The molecule has 1 unspecified atom stereocenters. The van der Waals surface area contributed by atoms with E-state index in [0.29, 0.717) is 12.5 Å². The van der Waals surface area contributed by atoms with Gasteiger partial charge in [-0.25, -0.2) is 0 Å². The van der Waals surface area contributed by atoms with E-state index in [2.05, 4.69) is 24.1 Å². The van der Waals surface area contributed by atoms with Crippen LogP contribution in [0.3, 0.4) is 0 Å². The normalized spacial score (nSPS) is 19.0. The Hall–Kier alpha value is -1.13. The first-order chi connectivity index (χ1) is 10.1. The highest BCUT2D eigenvalue weighted by molar-refractivity contribution is 5.32. The Morgan fingerprint density at radius 3 is 3.00 bits per heavy atom. The molecule has 0 bridgehead atoms. The summed E-state index contributed by atoms with van der Waals surface area (Å²) in [5.74, 6) is 1.58. The summed E-state index contributed by atoms with van der Waals surface area (Å²) < 4.78 is 11.7. The predicted molar refractivity (Wildman–Crippen MR) is 84.6 cm³/mol. The molecule has 0 saturated carbocycles. The van der Waals surface area contributed by atoms with Crippen LogP contribution in [-0.4, -0.2) is 30.8 Å². The van der Waals surface area contributed by atoms with Crippen molar-refractivity contribution in [2.24, 2.45) is 5.92 Å². The molecular weight excluding hydrogens is 264 g/mol. The topological polar surface area (TPSA) is 43.4 Å². The molecule has 1 saturated heterocycles. The van der Waals surface area contributed by atoms with Gasteiger partial charge in [-0.3, -0.25) is 4.98 Å². The fraction of sp³-hybridized carbons (Fsp3) is 0.706. The van der Waals surface area contributed by atoms with Gasteiger partial charge in [0.2, 0.25) is 0 Å². The van der Waals surface area contributed by atoms with Crippen LogP contribution in [0.5, 0.6) is 5.75 Å². The summed E-state index contributed by atoms with van der Waals surface area (Å²) in [4.78, 5) is 4.38. The Morgan fingerprint density at radius 1 is 1.43 bits per heavy atom. The van der Waals surface area contributed by atoms with Crippen LogP contribution in [0, 0.1) is 12.8 Å². The molecule has 0 amide bonds. The molecule has 4 nitrogen and oxygen atoms in total. The molecule has 1 aromatic rings. The molecule has 1 atom stereocenters. The molecule has 4 heteroatoms. The van der Waals surface area contributed by atoms with Crippen molar-refractivity contribution < 1.29 is 9.47 Å². The maximum atomic E-state index is 6.01. The predicted octanol–water partition coefficient (Wildman–Crippen LogP) is 3.08. The van der Waals surface area contributed by atoms with E-state index in [1.807, 2.05) is 19.2 Å². The Kier molecular flexibility index (Phi) is 6.46. The van der Waals surface area contributed by atoms with Gasteiger partial charge < -0.3 is 14.8 Å². The van der Waals surface area contributed by atoms with Crippen molar-refractivity contribution in [2.45, 2.75) is 52.7 Å². The first-order valence-electron chi connectivity index (χ1n) is 8.06. The average Bonchev–Trinajstić information content (AvgIpc) is 2.48. The highest BCUT2D eigenvalue weighted by atomic mass is 16.5. The second kappa shape index (κ2) is 8.35. The highest BCUT2D eigenvalue weighted by Gasteiger charge is 2.15. The molecule has 0 radical (unpaired) electrons. The SMILES string of the molecule is Cc1cc(OCC2CCCCO2)c(CNCC(C)C)cn1. The fourth-order valence-corrected chi connectivity index (χ4v) is 2.45. The van der Waals surface area contributed by atoms with E-state index in [1.165, 1.54) is 12.8 Å². The summed E-state index contributed by atoms with van der Waals surface area (Å²) in [7, 11) is 0. The van der Waals surface area contributed by atoms with Gasteiger partial charge >= 0.3 is 0 Å². The first-order valence-corrected chi connectivity index (χ1v) is 8.06. The van der Waals surface area contributed by atoms with Crippen molar-refractivity contribution in [3.63, 3.8) is 0 Å². The van der Waals surface area contributed by atoms with Gasteiger partial charge in [0.05, 0.1) is 6.10 Å². The zero-order valence-electron chi connectivity index (χ0n) is 13.5. The quantitative estimate of drug-likeness (QED) is 0.838. The Bertz CT molecular complexity index is 429. The standard InChI is InChI=1S/C17H28N2O2/c1-13(2)9-18-10-15-11-19-14(3)8-17(15)21-12-16-6-4-5-7-20-16/h8,11,13,16,18H,4-7,9-10,12H2,1-3H3. The number of hydrogen-bond acceptors (Lipinski definition) is 4. The van der Waals surface area contributed by atoms with Gasteiger partial charge in [0.15, 0.2) is 0 Å². The van der Waals surface area contributed by atoms with Crippen molar-refractivity contribution in [3.05, 3.63) is 23.5 Å². The third-order valence-corrected chi connectivity index (χ3v) is 3.65. The number of nitrogens with zero attached hydrogens (tertiary/aromatic N) is 1. The molecule has 1 N–H and O–H groups in total. The zero-order chi connectivity index (χ0) is 15.1. The van der Waals surface area contributed by atoms with Crippen molar-refractivity contribution in [1.82, 2.24) is 10.3 Å². The van der Waals surface area contributed by atoms with E-state index in [-0.39, 0.29) is 6.10 Å². The van der Waals surface area contributed by atoms with Crippen LogP contribution in [0.1, 0.15) is 44.4 Å². The minimum Gasteiger partial charge on any atom is -0.490 e. The number of aromatic nitrogens is 1. The van der Waals surface area contributed by atoms with Crippen LogP contribution in [0.25, 0.3) is 0 Å². The summed E-state index contributed by atoms with van der Waals surface area (Å²) >= 11 is 0. The molecule has 0 aliphatic carbocycles. The van der Waals surface area contributed by atoms with Gasteiger partial charge in [-0.05, 0) is 38.6 Å². The molecular formula is C17H28N2O2. The van der Waals surface area contributed by atoms with Gasteiger partial charge in [-0.1, -0.05) is 13.8 Å². The average molecular weight is 292 g/mol. The Morgan fingerprint density at radius 2 is 2.29 bits per heavy atom. The highest BCUT2D eigenvalue weighted by Crippen LogP contribution is 2.21. The summed E-state index contributed by atoms with van der Waals surface area (Å²) in [6.45, 7) is 9.71. The van der Waals surface area contributed by atoms with E-state index in [0.717, 1.165) is 43.1 Å². The second-order valence-electron chi connectivity index (χ2n) is 6.26.